The molecule has 0 fully saturated rings. The predicted molar refractivity (Wildman–Crippen MR) is 47.3 cm³/mol. The first-order chi connectivity index (χ1) is 6.18. The van der Waals surface area contributed by atoms with E-state index in [1.54, 1.807) is 12.1 Å². The van der Waals surface area contributed by atoms with E-state index in [9.17, 15) is 4.79 Å². The zero-order chi connectivity index (χ0) is 9.42. The van der Waals surface area contributed by atoms with Crippen LogP contribution in [0.3, 0.4) is 0 Å². The number of hydrogen-bond donors (Lipinski definition) is 1. The summed E-state index contributed by atoms with van der Waals surface area (Å²) in [5.41, 5.74) is 6.81. The van der Waals surface area contributed by atoms with Gasteiger partial charge in [0.2, 0.25) is 0 Å². The molecule has 13 heavy (non-hydrogen) atoms. The summed E-state index contributed by atoms with van der Waals surface area (Å²) in [5.74, 6) is 0.275. The molecule has 2 N–H and O–H groups in total. The Labute approximate surface area is 75.7 Å². The zero-order valence-electron chi connectivity index (χ0n) is 7.28. The summed E-state index contributed by atoms with van der Waals surface area (Å²) in [4.78, 5) is 15.4. The molecule has 0 saturated heterocycles. The Balaban J connectivity index is 2.57. The predicted octanol–water partition coefficient (Wildman–Crippen LogP) is 0.938. The van der Waals surface area contributed by atoms with Crippen LogP contribution < -0.4 is 5.73 Å². The molecule has 1 aliphatic rings. The van der Waals surface area contributed by atoms with Crippen molar-refractivity contribution in [3.8, 4) is 0 Å². The van der Waals surface area contributed by atoms with E-state index in [-0.39, 0.29) is 11.9 Å². The summed E-state index contributed by atoms with van der Waals surface area (Å²) < 4.78 is 4.94. The molecule has 1 aliphatic heterocycles. The zero-order valence-corrected chi connectivity index (χ0v) is 7.28. The summed E-state index contributed by atoms with van der Waals surface area (Å²) in [6, 6.07) is 3.27. The van der Waals surface area contributed by atoms with E-state index in [1.807, 2.05) is 6.92 Å². The summed E-state index contributed by atoms with van der Waals surface area (Å²) >= 11 is 0. The molecule has 0 saturated carbocycles. The van der Waals surface area contributed by atoms with Crippen LogP contribution in [0.4, 0.5) is 5.82 Å². The minimum absolute atomic E-state index is 0.135. The molecule has 0 bridgehead atoms. The Hall–Kier alpha value is -1.58. The number of anilines is 1. The van der Waals surface area contributed by atoms with Gasteiger partial charge in [-0.15, -0.1) is 0 Å². The lowest BCUT2D eigenvalue weighted by atomic mass is 10.0. The standard InChI is InChI=1S/C9H10N2O2/c1-5-4-13-9(12)6-2-3-7(10)11-8(5)6/h2-3,5H,4H2,1H3,(H2,10,11). The van der Waals surface area contributed by atoms with E-state index in [0.29, 0.717) is 18.0 Å². The van der Waals surface area contributed by atoms with Gasteiger partial charge in [0.25, 0.3) is 0 Å². The van der Waals surface area contributed by atoms with Crippen molar-refractivity contribution in [2.45, 2.75) is 12.8 Å². The van der Waals surface area contributed by atoms with Gasteiger partial charge < -0.3 is 10.5 Å². The van der Waals surface area contributed by atoms with Gasteiger partial charge in [0.15, 0.2) is 0 Å². The number of fused-ring (bicyclic) bond motifs is 1. The Morgan fingerprint density at radius 1 is 1.62 bits per heavy atom. The Morgan fingerprint density at radius 3 is 3.15 bits per heavy atom. The highest BCUT2D eigenvalue weighted by molar-refractivity contribution is 5.92. The second-order valence-corrected chi connectivity index (χ2v) is 3.17. The van der Waals surface area contributed by atoms with Crippen molar-refractivity contribution in [3.05, 3.63) is 23.4 Å². The summed E-state index contributed by atoms with van der Waals surface area (Å²) in [7, 11) is 0. The maximum atomic E-state index is 11.2. The SMILES string of the molecule is CC1COC(=O)c2ccc(N)nc21. The molecule has 1 aromatic heterocycles. The summed E-state index contributed by atoms with van der Waals surface area (Å²) in [5, 5.41) is 0. The lowest BCUT2D eigenvalue weighted by Crippen LogP contribution is -2.22. The van der Waals surface area contributed by atoms with Crippen LogP contribution in [0.15, 0.2) is 12.1 Å². The minimum Gasteiger partial charge on any atom is -0.461 e. The number of carbonyl (C=O) groups excluding carboxylic acids is 1. The van der Waals surface area contributed by atoms with Crippen molar-refractivity contribution < 1.29 is 9.53 Å². The first-order valence-electron chi connectivity index (χ1n) is 4.12. The molecule has 0 aromatic carbocycles. The topological polar surface area (TPSA) is 65.2 Å². The van der Waals surface area contributed by atoms with Gasteiger partial charge in [-0.1, -0.05) is 6.92 Å². The van der Waals surface area contributed by atoms with Crippen molar-refractivity contribution in [3.63, 3.8) is 0 Å². The van der Waals surface area contributed by atoms with Crippen molar-refractivity contribution in [2.24, 2.45) is 0 Å². The second kappa shape index (κ2) is 2.73. The highest BCUT2D eigenvalue weighted by Gasteiger charge is 2.25. The number of nitrogen functional groups attached to an aromatic ring is 1. The van der Waals surface area contributed by atoms with Crippen molar-refractivity contribution in [2.75, 3.05) is 12.3 Å². The molecule has 0 amide bonds. The number of nitrogens with zero attached hydrogens (tertiary/aromatic N) is 1. The lowest BCUT2D eigenvalue weighted by molar-refractivity contribution is 0.0445. The fraction of sp³-hybridized carbons (Fsp3) is 0.333. The fourth-order valence-corrected chi connectivity index (χ4v) is 1.40. The van der Waals surface area contributed by atoms with Crippen LogP contribution in [-0.2, 0) is 4.74 Å². The van der Waals surface area contributed by atoms with Gasteiger partial charge in [-0.3, -0.25) is 0 Å². The van der Waals surface area contributed by atoms with Gasteiger partial charge in [-0.25, -0.2) is 9.78 Å². The molecule has 0 aliphatic carbocycles. The van der Waals surface area contributed by atoms with Crippen LogP contribution in [0.1, 0.15) is 28.9 Å². The monoisotopic (exact) mass is 178 g/mol. The molecule has 0 spiro atoms. The van der Waals surface area contributed by atoms with Crippen molar-refractivity contribution in [1.82, 2.24) is 4.98 Å². The van der Waals surface area contributed by atoms with Crippen LogP contribution in [0.25, 0.3) is 0 Å². The third-order valence-corrected chi connectivity index (χ3v) is 2.10. The number of rotatable bonds is 0. The maximum absolute atomic E-state index is 11.2. The first-order valence-corrected chi connectivity index (χ1v) is 4.12. The van der Waals surface area contributed by atoms with E-state index < -0.39 is 0 Å². The van der Waals surface area contributed by atoms with E-state index in [4.69, 9.17) is 10.5 Å². The van der Waals surface area contributed by atoms with Crippen molar-refractivity contribution in [1.29, 1.82) is 0 Å². The van der Waals surface area contributed by atoms with Gasteiger partial charge >= 0.3 is 5.97 Å². The molecule has 1 unspecified atom stereocenters. The Bertz CT molecular complexity index is 363. The molecule has 2 heterocycles. The van der Waals surface area contributed by atoms with E-state index >= 15 is 0 Å². The number of carbonyl (C=O) groups is 1. The van der Waals surface area contributed by atoms with Gasteiger partial charge in [-0.2, -0.15) is 0 Å². The molecule has 1 aromatic rings. The van der Waals surface area contributed by atoms with Crippen LogP contribution in [-0.4, -0.2) is 17.6 Å². The average Bonchev–Trinajstić information content (AvgIpc) is 2.12. The van der Waals surface area contributed by atoms with Crippen LogP contribution >= 0.6 is 0 Å². The third-order valence-electron chi connectivity index (χ3n) is 2.10. The number of nitrogens with two attached hydrogens (primary N) is 1. The number of ether oxygens (including phenoxy) is 1. The summed E-state index contributed by atoms with van der Waals surface area (Å²) in [6.07, 6.45) is 0. The molecule has 68 valence electrons. The number of hydrogen-bond acceptors (Lipinski definition) is 4. The van der Waals surface area contributed by atoms with E-state index in [0.717, 1.165) is 5.69 Å². The molecule has 4 heteroatoms. The average molecular weight is 178 g/mol. The van der Waals surface area contributed by atoms with E-state index in [2.05, 4.69) is 4.98 Å². The number of aromatic nitrogens is 1. The molecular formula is C9H10N2O2. The highest BCUT2D eigenvalue weighted by atomic mass is 16.5. The van der Waals surface area contributed by atoms with Crippen LogP contribution in [0, 0.1) is 0 Å². The second-order valence-electron chi connectivity index (χ2n) is 3.17. The number of cyclic esters (lactones) is 1. The van der Waals surface area contributed by atoms with Crippen LogP contribution in [0.2, 0.25) is 0 Å². The lowest BCUT2D eigenvalue weighted by Gasteiger charge is -2.20. The maximum Gasteiger partial charge on any atom is 0.340 e. The first kappa shape index (κ1) is 8.04. The Morgan fingerprint density at radius 2 is 2.38 bits per heavy atom. The molecule has 0 radical (unpaired) electrons. The largest absolute Gasteiger partial charge is 0.461 e. The quantitative estimate of drug-likeness (QED) is 0.600. The van der Waals surface area contributed by atoms with Gasteiger partial charge in [0.1, 0.15) is 5.82 Å². The third kappa shape index (κ3) is 1.24. The Kier molecular flexibility index (Phi) is 1.69. The molecule has 4 nitrogen and oxygen atoms in total. The van der Waals surface area contributed by atoms with Crippen molar-refractivity contribution >= 4 is 11.8 Å². The van der Waals surface area contributed by atoms with Gasteiger partial charge in [0, 0.05) is 5.92 Å². The molecule has 1 atom stereocenters. The van der Waals surface area contributed by atoms with Crippen LogP contribution in [0.5, 0.6) is 0 Å². The number of pyridine rings is 1. The highest BCUT2D eigenvalue weighted by Crippen LogP contribution is 2.24. The molecular weight excluding hydrogens is 168 g/mol. The normalized spacial score (nSPS) is 20.7. The number of esters is 1. The summed E-state index contributed by atoms with van der Waals surface area (Å²) in [6.45, 7) is 2.35. The minimum atomic E-state index is -0.305. The molecule has 2 rings (SSSR count). The smallest absolute Gasteiger partial charge is 0.340 e. The fourth-order valence-electron chi connectivity index (χ4n) is 1.40. The van der Waals surface area contributed by atoms with Gasteiger partial charge in [-0.05, 0) is 12.1 Å². The van der Waals surface area contributed by atoms with E-state index in [1.165, 1.54) is 0 Å². The van der Waals surface area contributed by atoms with Gasteiger partial charge in [0.05, 0.1) is 17.9 Å².